The molecule has 0 spiro atoms. The molecule has 1 rings (SSSR count). The molecule has 1 aromatic rings. The third kappa shape index (κ3) is 2.87. The van der Waals surface area contributed by atoms with Gasteiger partial charge in [0.05, 0.1) is 11.7 Å². The van der Waals surface area contributed by atoms with E-state index in [9.17, 15) is 4.79 Å². The van der Waals surface area contributed by atoms with Gasteiger partial charge in [-0.05, 0) is 25.5 Å². The Kier molecular flexibility index (Phi) is 4.17. The van der Waals surface area contributed by atoms with E-state index in [2.05, 4.69) is 6.92 Å². The molecular formula is C12H16O2. The van der Waals surface area contributed by atoms with Crippen LogP contribution in [0.1, 0.15) is 37.0 Å². The highest BCUT2D eigenvalue weighted by atomic mass is 16.5. The SMILES string of the molecule is CCCC(C)Oc1ccccc1C=O. The van der Waals surface area contributed by atoms with Crippen molar-refractivity contribution in [3.8, 4) is 5.75 Å². The summed E-state index contributed by atoms with van der Waals surface area (Å²) in [6, 6.07) is 7.30. The molecule has 76 valence electrons. The third-order valence-electron chi connectivity index (χ3n) is 2.07. The minimum Gasteiger partial charge on any atom is -0.490 e. The number of hydrogen-bond acceptors (Lipinski definition) is 2. The zero-order chi connectivity index (χ0) is 10.4. The molecule has 0 aliphatic carbocycles. The molecule has 0 aliphatic heterocycles. The van der Waals surface area contributed by atoms with Crippen LogP contribution in [-0.4, -0.2) is 12.4 Å². The minimum absolute atomic E-state index is 0.168. The van der Waals surface area contributed by atoms with Crippen molar-refractivity contribution in [1.82, 2.24) is 0 Å². The van der Waals surface area contributed by atoms with E-state index in [4.69, 9.17) is 4.74 Å². The Bertz CT molecular complexity index is 294. The van der Waals surface area contributed by atoms with Crippen LogP contribution < -0.4 is 4.74 Å². The highest BCUT2D eigenvalue weighted by Gasteiger charge is 2.05. The fourth-order valence-electron chi connectivity index (χ4n) is 1.37. The molecule has 1 aromatic carbocycles. The van der Waals surface area contributed by atoms with Gasteiger partial charge in [0.1, 0.15) is 5.75 Å². The first kappa shape index (κ1) is 10.8. The number of para-hydroxylation sites is 1. The van der Waals surface area contributed by atoms with Gasteiger partial charge in [-0.25, -0.2) is 0 Å². The smallest absolute Gasteiger partial charge is 0.153 e. The fraction of sp³-hybridized carbons (Fsp3) is 0.417. The Hall–Kier alpha value is -1.31. The largest absolute Gasteiger partial charge is 0.490 e. The summed E-state index contributed by atoms with van der Waals surface area (Å²) in [5.74, 6) is 0.684. The third-order valence-corrected chi connectivity index (χ3v) is 2.07. The average Bonchev–Trinajstić information content (AvgIpc) is 2.19. The molecule has 2 nitrogen and oxygen atoms in total. The lowest BCUT2D eigenvalue weighted by Gasteiger charge is -2.14. The summed E-state index contributed by atoms with van der Waals surface area (Å²) in [5.41, 5.74) is 0.621. The second-order valence-corrected chi connectivity index (χ2v) is 3.37. The van der Waals surface area contributed by atoms with E-state index >= 15 is 0 Å². The first-order valence-electron chi connectivity index (χ1n) is 4.98. The van der Waals surface area contributed by atoms with Crippen LogP contribution in [0.4, 0.5) is 0 Å². The highest BCUT2D eigenvalue weighted by Crippen LogP contribution is 2.18. The normalized spacial score (nSPS) is 12.1. The Morgan fingerprint density at radius 2 is 2.14 bits per heavy atom. The van der Waals surface area contributed by atoms with Crippen molar-refractivity contribution in [2.45, 2.75) is 32.8 Å². The predicted octanol–water partition coefficient (Wildman–Crippen LogP) is 3.07. The Morgan fingerprint density at radius 1 is 1.43 bits per heavy atom. The van der Waals surface area contributed by atoms with Crippen molar-refractivity contribution in [2.24, 2.45) is 0 Å². The van der Waals surface area contributed by atoms with E-state index in [0.717, 1.165) is 19.1 Å². The number of hydrogen-bond donors (Lipinski definition) is 0. The molecule has 0 radical (unpaired) electrons. The fourth-order valence-corrected chi connectivity index (χ4v) is 1.37. The number of rotatable bonds is 5. The Morgan fingerprint density at radius 3 is 2.79 bits per heavy atom. The van der Waals surface area contributed by atoms with Gasteiger partial charge in [-0.2, -0.15) is 0 Å². The number of carbonyl (C=O) groups is 1. The predicted molar refractivity (Wildman–Crippen MR) is 56.8 cm³/mol. The molecule has 14 heavy (non-hydrogen) atoms. The monoisotopic (exact) mass is 192 g/mol. The first-order chi connectivity index (χ1) is 6.77. The molecular weight excluding hydrogens is 176 g/mol. The van der Waals surface area contributed by atoms with Crippen LogP contribution in [0.15, 0.2) is 24.3 Å². The van der Waals surface area contributed by atoms with E-state index in [-0.39, 0.29) is 6.10 Å². The molecule has 1 atom stereocenters. The number of aldehydes is 1. The molecule has 0 saturated heterocycles. The van der Waals surface area contributed by atoms with Gasteiger partial charge < -0.3 is 4.74 Å². The average molecular weight is 192 g/mol. The summed E-state index contributed by atoms with van der Waals surface area (Å²) in [5, 5.41) is 0. The van der Waals surface area contributed by atoms with Crippen molar-refractivity contribution in [3.63, 3.8) is 0 Å². The first-order valence-corrected chi connectivity index (χ1v) is 4.98. The molecule has 0 aromatic heterocycles. The molecule has 0 heterocycles. The van der Waals surface area contributed by atoms with Gasteiger partial charge in [-0.15, -0.1) is 0 Å². The summed E-state index contributed by atoms with van der Waals surface area (Å²) in [4.78, 5) is 10.7. The molecule has 0 bridgehead atoms. The van der Waals surface area contributed by atoms with Gasteiger partial charge in [0.15, 0.2) is 6.29 Å². The van der Waals surface area contributed by atoms with E-state index in [0.29, 0.717) is 11.3 Å². The van der Waals surface area contributed by atoms with Crippen LogP contribution in [0.2, 0.25) is 0 Å². The maximum atomic E-state index is 10.7. The van der Waals surface area contributed by atoms with E-state index < -0.39 is 0 Å². The van der Waals surface area contributed by atoms with Gasteiger partial charge in [-0.3, -0.25) is 4.79 Å². The van der Waals surface area contributed by atoms with Crippen LogP contribution >= 0.6 is 0 Å². The lowest BCUT2D eigenvalue weighted by molar-refractivity contribution is 0.111. The van der Waals surface area contributed by atoms with Gasteiger partial charge in [-0.1, -0.05) is 25.5 Å². The minimum atomic E-state index is 0.168. The van der Waals surface area contributed by atoms with Crippen molar-refractivity contribution >= 4 is 6.29 Å². The van der Waals surface area contributed by atoms with E-state index in [1.807, 2.05) is 25.1 Å². The molecule has 0 fully saturated rings. The van der Waals surface area contributed by atoms with Crippen LogP contribution in [0, 0.1) is 0 Å². The maximum absolute atomic E-state index is 10.7. The zero-order valence-electron chi connectivity index (χ0n) is 8.69. The van der Waals surface area contributed by atoms with Crippen LogP contribution in [0.25, 0.3) is 0 Å². The standard InChI is InChI=1S/C12H16O2/c1-3-6-10(2)14-12-8-5-4-7-11(12)9-13/h4-5,7-10H,3,6H2,1-2H3. The van der Waals surface area contributed by atoms with Gasteiger partial charge in [0.25, 0.3) is 0 Å². The highest BCUT2D eigenvalue weighted by molar-refractivity contribution is 5.79. The van der Waals surface area contributed by atoms with Gasteiger partial charge in [0, 0.05) is 0 Å². The second kappa shape index (κ2) is 5.43. The lowest BCUT2D eigenvalue weighted by Crippen LogP contribution is -2.12. The van der Waals surface area contributed by atoms with Crippen LogP contribution in [-0.2, 0) is 0 Å². The Labute approximate surface area is 84.9 Å². The quantitative estimate of drug-likeness (QED) is 0.670. The van der Waals surface area contributed by atoms with Crippen molar-refractivity contribution < 1.29 is 9.53 Å². The van der Waals surface area contributed by atoms with Crippen molar-refractivity contribution in [1.29, 1.82) is 0 Å². The number of carbonyl (C=O) groups excluding carboxylic acids is 1. The maximum Gasteiger partial charge on any atom is 0.153 e. The summed E-state index contributed by atoms with van der Waals surface area (Å²) in [6.07, 6.45) is 3.09. The number of ether oxygens (including phenoxy) is 1. The number of benzene rings is 1. The zero-order valence-corrected chi connectivity index (χ0v) is 8.69. The molecule has 0 amide bonds. The van der Waals surface area contributed by atoms with Crippen molar-refractivity contribution in [3.05, 3.63) is 29.8 Å². The summed E-state index contributed by atoms with van der Waals surface area (Å²) in [6.45, 7) is 4.14. The van der Waals surface area contributed by atoms with Crippen molar-refractivity contribution in [2.75, 3.05) is 0 Å². The Balaban J connectivity index is 2.70. The summed E-state index contributed by atoms with van der Waals surface area (Å²) >= 11 is 0. The molecule has 2 heteroatoms. The topological polar surface area (TPSA) is 26.3 Å². The second-order valence-electron chi connectivity index (χ2n) is 3.37. The van der Waals surface area contributed by atoms with Gasteiger partial charge in [0.2, 0.25) is 0 Å². The van der Waals surface area contributed by atoms with Crippen LogP contribution in [0.3, 0.4) is 0 Å². The molecule has 0 saturated carbocycles. The van der Waals surface area contributed by atoms with E-state index in [1.165, 1.54) is 0 Å². The summed E-state index contributed by atoms with van der Waals surface area (Å²) < 4.78 is 5.65. The molecule has 0 N–H and O–H groups in total. The lowest BCUT2D eigenvalue weighted by atomic mass is 10.2. The molecule has 0 aliphatic rings. The molecule has 1 unspecified atom stereocenters. The van der Waals surface area contributed by atoms with Crippen LogP contribution in [0.5, 0.6) is 5.75 Å². The van der Waals surface area contributed by atoms with E-state index in [1.54, 1.807) is 6.07 Å². The summed E-state index contributed by atoms with van der Waals surface area (Å²) in [7, 11) is 0. The van der Waals surface area contributed by atoms with Gasteiger partial charge >= 0.3 is 0 Å².